The van der Waals surface area contributed by atoms with E-state index in [1.807, 2.05) is 12.1 Å². The molecular formula is C16H22ClN3. The van der Waals surface area contributed by atoms with Crippen molar-refractivity contribution in [3.63, 3.8) is 0 Å². The van der Waals surface area contributed by atoms with E-state index < -0.39 is 0 Å². The van der Waals surface area contributed by atoms with Crippen molar-refractivity contribution in [2.45, 2.75) is 32.7 Å². The Hall–Kier alpha value is -1.24. The minimum absolute atomic E-state index is 0.513. The van der Waals surface area contributed by atoms with Crippen LogP contribution in [0.2, 0.25) is 5.02 Å². The molecule has 0 radical (unpaired) electrons. The number of hydrogen-bond acceptors (Lipinski definition) is 3. The molecule has 0 aliphatic carbocycles. The van der Waals surface area contributed by atoms with Crippen LogP contribution in [0.15, 0.2) is 18.2 Å². The molecule has 1 atom stereocenters. The van der Waals surface area contributed by atoms with Gasteiger partial charge in [0.15, 0.2) is 0 Å². The van der Waals surface area contributed by atoms with Gasteiger partial charge in [0.2, 0.25) is 0 Å². The van der Waals surface area contributed by atoms with Gasteiger partial charge in [-0.3, -0.25) is 0 Å². The van der Waals surface area contributed by atoms with Crippen LogP contribution in [-0.2, 0) is 0 Å². The largest absolute Gasteiger partial charge is 0.369 e. The van der Waals surface area contributed by atoms with Gasteiger partial charge in [-0.05, 0) is 43.5 Å². The molecule has 1 heterocycles. The van der Waals surface area contributed by atoms with E-state index in [0.29, 0.717) is 22.5 Å². The molecule has 1 aliphatic rings. The quantitative estimate of drug-likeness (QED) is 0.903. The first-order valence-corrected chi connectivity index (χ1v) is 7.66. The lowest BCUT2D eigenvalue weighted by Crippen LogP contribution is -2.39. The molecule has 1 aromatic rings. The number of benzene rings is 1. The van der Waals surface area contributed by atoms with Gasteiger partial charge in [-0.2, -0.15) is 5.26 Å². The predicted octanol–water partition coefficient (Wildman–Crippen LogP) is 3.43. The highest BCUT2D eigenvalue weighted by Crippen LogP contribution is 2.26. The predicted molar refractivity (Wildman–Crippen MR) is 84.2 cm³/mol. The zero-order valence-electron chi connectivity index (χ0n) is 12.2. The summed E-state index contributed by atoms with van der Waals surface area (Å²) in [7, 11) is 0. The topological polar surface area (TPSA) is 39.1 Å². The second kappa shape index (κ2) is 6.97. The summed E-state index contributed by atoms with van der Waals surface area (Å²) in [4.78, 5) is 2.30. The van der Waals surface area contributed by atoms with E-state index in [1.165, 1.54) is 12.8 Å². The van der Waals surface area contributed by atoms with Gasteiger partial charge in [-0.1, -0.05) is 25.4 Å². The van der Waals surface area contributed by atoms with E-state index >= 15 is 0 Å². The van der Waals surface area contributed by atoms with Gasteiger partial charge in [0, 0.05) is 24.2 Å². The first-order chi connectivity index (χ1) is 9.60. The fourth-order valence-corrected chi connectivity index (χ4v) is 2.92. The van der Waals surface area contributed by atoms with Crippen molar-refractivity contribution in [1.82, 2.24) is 5.32 Å². The minimum atomic E-state index is 0.513. The SMILES string of the molecule is CC(C)CN(CC1CCCN1)c1cc(Cl)ccc1C#N. The lowest BCUT2D eigenvalue weighted by atomic mass is 10.1. The van der Waals surface area contributed by atoms with E-state index in [0.717, 1.165) is 25.3 Å². The Kier molecular flexibility index (Phi) is 5.28. The van der Waals surface area contributed by atoms with E-state index in [9.17, 15) is 5.26 Å². The zero-order chi connectivity index (χ0) is 14.5. The summed E-state index contributed by atoms with van der Waals surface area (Å²) in [6.07, 6.45) is 2.44. The minimum Gasteiger partial charge on any atom is -0.369 e. The van der Waals surface area contributed by atoms with Gasteiger partial charge in [0.25, 0.3) is 0 Å². The first kappa shape index (κ1) is 15.2. The average molecular weight is 292 g/mol. The molecule has 1 aliphatic heterocycles. The maximum absolute atomic E-state index is 9.32. The van der Waals surface area contributed by atoms with Gasteiger partial charge in [0.05, 0.1) is 11.3 Å². The van der Waals surface area contributed by atoms with Crippen molar-refractivity contribution in [1.29, 1.82) is 5.26 Å². The second-order valence-corrected chi connectivity index (χ2v) is 6.30. The Morgan fingerprint density at radius 3 is 2.90 bits per heavy atom. The lowest BCUT2D eigenvalue weighted by molar-refractivity contribution is 0.541. The second-order valence-electron chi connectivity index (χ2n) is 5.87. The number of hydrogen-bond donors (Lipinski definition) is 1. The molecule has 20 heavy (non-hydrogen) atoms. The van der Waals surface area contributed by atoms with E-state index in [4.69, 9.17) is 11.6 Å². The van der Waals surface area contributed by atoms with E-state index in [-0.39, 0.29) is 0 Å². The molecule has 0 amide bonds. The summed E-state index contributed by atoms with van der Waals surface area (Å²) in [5, 5.41) is 13.5. The van der Waals surface area contributed by atoms with Gasteiger partial charge in [-0.25, -0.2) is 0 Å². The zero-order valence-corrected chi connectivity index (χ0v) is 13.0. The monoisotopic (exact) mass is 291 g/mol. The van der Waals surface area contributed by atoms with Crippen molar-refractivity contribution in [2.24, 2.45) is 5.92 Å². The number of nitrogens with one attached hydrogen (secondary N) is 1. The summed E-state index contributed by atoms with van der Waals surface area (Å²) in [6.45, 7) is 7.37. The van der Waals surface area contributed by atoms with Gasteiger partial charge in [0.1, 0.15) is 6.07 Å². The standard InChI is InChI=1S/C16H22ClN3/c1-12(2)10-20(11-15-4-3-7-19-15)16-8-14(17)6-5-13(16)9-18/h5-6,8,12,15,19H,3-4,7,10-11H2,1-2H3. The van der Waals surface area contributed by atoms with Crippen LogP contribution in [0, 0.1) is 17.2 Å². The third-order valence-corrected chi connectivity index (χ3v) is 3.84. The van der Waals surface area contributed by atoms with Crippen molar-refractivity contribution in [3.8, 4) is 6.07 Å². The summed E-state index contributed by atoms with van der Waals surface area (Å²) in [6, 6.07) is 8.30. The fraction of sp³-hybridized carbons (Fsp3) is 0.562. The van der Waals surface area contributed by atoms with Crippen LogP contribution in [0.25, 0.3) is 0 Å². The average Bonchev–Trinajstić information content (AvgIpc) is 2.90. The van der Waals surface area contributed by atoms with Crippen LogP contribution in [0.3, 0.4) is 0 Å². The Balaban J connectivity index is 2.25. The maximum atomic E-state index is 9.32. The van der Waals surface area contributed by atoms with Crippen molar-refractivity contribution in [3.05, 3.63) is 28.8 Å². The summed E-state index contributed by atoms with van der Waals surface area (Å²) in [5.41, 5.74) is 1.66. The van der Waals surface area contributed by atoms with Gasteiger partial charge in [-0.15, -0.1) is 0 Å². The normalized spacial score (nSPS) is 18.2. The summed E-state index contributed by atoms with van der Waals surface area (Å²) >= 11 is 6.12. The number of nitriles is 1. The highest BCUT2D eigenvalue weighted by atomic mass is 35.5. The maximum Gasteiger partial charge on any atom is 0.101 e. The molecule has 0 bridgehead atoms. The molecule has 0 aromatic heterocycles. The number of halogens is 1. The number of anilines is 1. The Morgan fingerprint density at radius 1 is 1.50 bits per heavy atom. The number of nitrogens with zero attached hydrogens (tertiary/aromatic N) is 2. The molecule has 1 unspecified atom stereocenters. The smallest absolute Gasteiger partial charge is 0.101 e. The molecule has 3 nitrogen and oxygen atoms in total. The van der Waals surface area contributed by atoms with Gasteiger partial charge >= 0.3 is 0 Å². The van der Waals surface area contributed by atoms with Crippen LogP contribution < -0.4 is 10.2 Å². The van der Waals surface area contributed by atoms with E-state index in [2.05, 4.69) is 30.1 Å². The third kappa shape index (κ3) is 3.88. The van der Waals surface area contributed by atoms with Crippen molar-refractivity contribution < 1.29 is 0 Å². The molecular weight excluding hydrogens is 270 g/mol. The van der Waals surface area contributed by atoms with Crippen LogP contribution in [0.4, 0.5) is 5.69 Å². The molecule has 4 heteroatoms. The molecule has 2 rings (SSSR count). The summed E-state index contributed by atoms with van der Waals surface area (Å²) < 4.78 is 0. The molecule has 1 aromatic carbocycles. The molecule has 108 valence electrons. The van der Waals surface area contributed by atoms with Crippen LogP contribution in [0.5, 0.6) is 0 Å². The Labute approximate surface area is 126 Å². The Morgan fingerprint density at radius 2 is 2.30 bits per heavy atom. The van der Waals surface area contributed by atoms with Crippen molar-refractivity contribution >= 4 is 17.3 Å². The lowest BCUT2D eigenvalue weighted by Gasteiger charge is -2.30. The highest BCUT2D eigenvalue weighted by Gasteiger charge is 2.20. The van der Waals surface area contributed by atoms with Crippen LogP contribution >= 0.6 is 11.6 Å². The van der Waals surface area contributed by atoms with Crippen LogP contribution in [0.1, 0.15) is 32.3 Å². The Bertz CT molecular complexity index is 487. The molecule has 0 spiro atoms. The fourth-order valence-electron chi connectivity index (χ4n) is 2.75. The first-order valence-electron chi connectivity index (χ1n) is 7.28. The van der Waals surface area contributed by atoms with Crippen molar-refractivity contribution in [2.75, 3.05) is 24.5 Å². The molecule has 1 N–H and O–H groups in total. The third-order valence-electron chi connectivity index (χ3n) is 3.61. The molecule has 0 saturated carbocycles. The molecule has 1 saturated heterocycles. The van der Waals surface area contributed by atoms with Crippen LogP contribution in [-0.4, -0.2) is 25.7 Å². The highest BCUT2D eigenvalue weighted by molar-refractivity contribution is 6.30. The van der Waals surface area contributed by atoms with E-state index in [1.54, 1.807) is 6.07 Å². The molecule has 1 fully saturated rings. The van der Waals surface area contributed by atoms with Gasteiger partial charge < -0.3 is 10.2 Å². The summed E-state index contributed by atoms with van der Waals surface area (Å²) in [5.74, 6) is 0.543. The number of rotatable bonds is 5.